The van der Waals surface area contributed by atoms with E-state index >= 15 is 0 Å². The van der Waals surface area contributed by atoms with Crippen molar-refractivity contribution in [3.8, 4) is 0 Å². The Morgan fingerprint density at radius 1 is 1.00 bits per heavy atom. The van der Waals surface area contributed by atoms with Gasteiger partial charge < -0.3 is 0 Å². The van der Waals surface area contributed by atoms with E-state index in [1.54, 1.807) is 25.7 Å². The summed E-state index contributed by atoms with van der Waals surface area (Å²) in [6.07, 6.45) is 11.5. The van der Waals surface area contributed by atoms with E-state index in [-0.39, 0.29) is 0 Å². The van der Waals surface area contributed by atoms with E-state index < -0.39 is 13.3 Å². The molecule has 1 aromatic rings. The summed E-state index contributed by atoms with van der Waals surface area (Å²) in [5, 5.41) is 4.79. The first-order valence-corrected chi connectivity index (χ1v) is 11.8. The molecule has 0 N–H and O–H groups in total. The SMILES string of the molecule is c1cc2[c](cn1)[Ge]1([CH2]CCC[CH2]1)[CH2]CC2. The van der Waals surface area contributed by atoms with Gasteiger partial charge in [-0.2, -0.15) is 0 Å². The van der Waals surface area contributed by atoms with Crippen LogP contribution in [0.15, 0.2) is 18.5 Å². The molecule has 2 heteroatoms. The number of hydrogen-bond acceptors (Lipinski definition) is 1. The average Bonchev–Trinajstić information content (AvgIpc) is 2.31. The van der Waals surface area contributed by atoms with Crippen LogP contribution in [0.2, 0.25) is 15.8 Å². The molecule has 1 nitrogen and oxygen atoms in total. The van der Waals surface area contributed by atoms with Crippen molar-refractivity contribution in [3.63, 3.8) is 0 Å². The quantitative estimate of drug-likeness (QED) is 0.655. The second-order valence-electron chi connectivity index (χ2n) is 5.23. The third-order valence-corrected chi connectivity index (χ3v) is 16.0. The zero-order valence-electron chi connectivity index (χ0n) is 9.34. The van der Waals surface area contributed by atoms with Crippen LogP contribution >= 0.6 is 0 Å². The molecule has 0 amide bonds. The van der Waals surface area contributed by atoms with Crippen molar-refractivity contribution in [2.24, 2.45) is 0 Å². The normalized spacial score (nSPS) is 23.7. The summed E-state index contributed by atoms with van der Waals surface area (Å²) in [4.78, 5) is 4.39. The molecule has 1 fully saturated rings. The monoisotopic (exact) mass is 263 g/mol. The summed E-state index contributed by atoms with van der Waals surface area (Å²) in [6.45, 7) is 0. The maximum absolute atomic E-state index is 4.39. The second kappa shape index (κ2) is 3.93. The number of rotatable bonds is 0. The average molecular weight is 262 g/mol. The van der Waals surface area contributed by atoms with Gasteiger partial charge in [0, 0.05) is 0 Å². The third kappa shape index (κ3) is 1.65. The number of nitrogens with zero attached hydrogens (tertiary/aromatic N) is 1. The minimum absolute atomic E-state index is 1.32. The Hall–Kier alpha value is -0.307. The van der Waals surface area contributed by atoms with Crippen molar-refractivity contribution in [2.45, 2.75) is 47.9 Å². The second-order valence-corrected chi connectivity index (χ2v) is 14.9. The van der Waals surface area contributed by atoms with Crippen molar-refractivity contribution in [1.29, 1.82) is 0 Å². The summed E-state index contributed by atoms with van der Waals surface area (Å²) in [5.41, 5.74) is 1.66. The molecular weight excluding hydrogens is 243 g/mol. The van der Waals surface area contributed by atoms with Crippen molar-refractivity contribution in [3.05, 3.63) is 24.0 Å². The number of aryl methyl sites for hydroxylation is 1. The van der Waals surface area contributed by atoms with Gasteiger partial charge in [-0.15, -0.1) is 0 Å². The molecule has 0 aromatic carbocycles. The van der Waals surface area contributed by atoms with E-state index in [1.165, 1.54) is 32.1 Å². The fraction of sp³-hybridized carbons (Fsp3) is 0.615. The van der Waals surface area contributed by atoms with Crippen molar-refractivity contribution in [1.82, 2.24) is 4.98 Å². The van der Waals surface area contributed by atoms with Crippen LogP contribution in [0.25, 0.3) is 0 Å². The predicted molar refractivity (Wildman–Crippen MR) is 66.2 cm³/mol. The van der Waals surface area contributed by atoms with Crippen molar-refractivity contribution in [2.75, 3.05) is 0 Å². The van der Waals surface area contributed by atoms with Crippen LogP contribution in [0.1, 0.15) is 31.2 Å². The number of hydrogen-bond donors (Lipinski definition) is 0. The molecule has 0 unspecified atom stereocenters. The molecule has 0 radical (unpaired) electrons. The Morgan fingerprint density at radius 2 is 1.80 bits per heavy atom. The Morgan fingerprint density at radius 3 is 2.67 bits per heavy atom. The first kappa shape index (κ1) is 9.89. The first-order valence-electron chi connectivity index (χ1n) is 6.34. The molecule has 1 spiro atoms. The van der Waals surface area contributed by atoms with Crippen LogP contribution in [0.3, 0.4) is 0 Å². The molecule has 0 bridgehead atoms. The Balaban J connectivity index is 2.04. The predicted octanol–water partition coefficient (Wildman–Crippen LogP) is 2.87. The zero-order chi connectivity index (χ0) is 10.1. The Bertz CT molecular complexity index is 355. The van der Waals surface area contributed by atoms with Gasteiger partial charge in [0.15, 0.2) is 0 Å². The fourth-order valence-electron chi connectivity index (χ4n) is 3.62. The topological polar surface area (TPSA) is 12.9 Å². The number of fused-ring (bicyclic) bond motifs is 2. The molecule has 0 atom stereocenters. The van der Waals surface area contributed by atoms with E-state index in [9.17, 15) is 0 Å². The van der Waals surface area contributed by atoms with E-state index in [4.69, 9.17) is 0 Å². The molecule has 2 aliphatic rings. The summed E-state index contributed by atoms with van der Waals surface area (Å²) in [5.74, 6) is 0. The van der Waals surface area contributed by atoms with Gasteiger partial charge in [-0.1, -0.05) is 0 Å². The molecule has 3 heterocycles. The summed E-state index contributed by atoms with van der Waals surface area (Å²) < 4.78 is 1.78. The molecule has 15 heavy (non-hydrogen) atoms. The summed E-state index contributed by atoms with van der Waals surface area (Å²) in [6, 6.07) is 2.29. The summed E-state index contributed by atoms with van der Waals surface area (Å²) in [7, 11) is 0. The molecule has 3 rings (SSSR count). The zero-order valence-corrected chi connectivity index (χ0v) is 11.4. The third-order valence-electron chi connectivity index (χ3n) is 4.39. The van der Waals surface area contributed by atoms with Crippen molar-refractivity contribution >= 4 is 17.7 Å². The number of aromatic nitrogens is 1. The van der Waals surface area contributed by atoms with Gasteiger partial charge in [0.25, 0.3) is 0 Å². The van der Waals surface area contributed by atoms with Gasteiger partial charge in [-0.25, -0.2) is 0 Å². The minimum atomic E-state index is -1.61. The molecular formula is C13H19GeN. The van der Waals surface area contributed by atoms with E-state index in [2.05, 4.69) is 17.2 Å². The molecule has 0 saturated carbocycles. The van der Waals surface area contributed by atoms with Gasteiger partial charge >= 0.3 is 94.5 Å². The summed E-state index contributed by atoms with van der Waals surface area (Å²) >= 11 is -1.61. The molecule has 1 aromatic heterocycles. The van der Waals surface area contributed by atoms with Gasteiger partial charge in [-0.3, -0.25) is 0 Å². The van der Waals surface area contributed by atoms with Crippen LogP contribution in [0, 0.1) is 0 Å². The van der Waals surface area contributed by atoms with Crippen LogP contribution in [0.4, 0.5) is 0 Å². The molecule has 2 aliphatic heterocycles. The first-order chi connectivity index (χ1) is 7.41. The van der Waals surface area contributed by atoms with Gasteiger partial charge in [0.05, 0.1) is 0 Å². The molecule has 1 saturated heterocycles. The van der Waals surface area contributed by atoms with Crippen LogP contribution in [-0.2, 0) is 6.42 Å². The molecule has 0 aliphatic carbocycles. The van der Waals surface area contributed by atoms with Gasteiger partial charge in [-0.05, 0) is 0 Å². The number of pyridine rings is 1. The van der Waals surface area contributed by atoms with Gasteiger partial charge in [0.2, 0.25) is 0 Å². The van der Waals surface area contributed by atoms with E-state index in [0.29, 0.717) is 0 Å². The molecule has 80 valence electrons. The van der Waals surface area contributed by atoms with Crippen LogP contribution < -0.4 is 4.40 Å². The van der Waals surface area contributed by atoms with E-state index in [0.717, 1.165) is 0 Å². The maximum atomic E-state index is 4.39. The Kier molecular flexibility index (Phi) is 2.59. The van der Waals surface area contributed by atoms with Crippen LogP contribution in [-0.4, -0.2) is 18.3 Å². The van der Waals surface area contributed by atoms with Crippen molar-refractivity contribution < 1.29 is 0 Å². The fourth-order valence-corrected chi connectivity index (χ4v) is 15.2. The van der Waals surface area contributed by atoms with E-state index in [1.807, 2.05) is 6.20 Å². The standard InChI is InChI=1S/C13H19GeN/c1-2-7-14(8-3-1)9-4-5-12-6-10-15-11-13(12)14/h6,10-11H,1-5,7-9H2. The van der Waals surface area contributed by atoms with Gasteiger partial charge in [0.1, 0.15) is 0 Å². The van der Waals surface area contributed by atoms with Crippen LogP contribution in [0.5, 0.6) is 0 Å². The Labute approximate surface area is 94.7 Å².